The van der Waals surface area contributed by atoms with E-state index in [0.717, 1.165) is 24.8 Å². The second kappa shape index (κ2) is 6.51. The Morgan fingerprint density at radius 1 is 1.12 bits per heavy atom. The van der Waals surface area contributed by atoms with Crippen LogP contribution < -0.4 is 10.5 Å². The number of fused-ring (bicyclic) bond motifs is 2. The predicted octanol–water partition coefficient (Wildman–Crippen LogP) is 2.29. The summed E-state index contributed by atoms with van der Waals surface area (Å²) in [6.07, 6.45) is 5.73. The van der Waals surface area contributed by atoms with Crippen molar-refractivity contribution in [3.8, 4) is 0 Å². The average molecular weight is 429 g/mol. The van der Waals surface area contributed by atoms with E-state index < -0.39 is 0 Å². The Hall–Kier alpha value is -3.49. The Labute approximate surface area is 183 Å². The van der Waals surface area contributed by atoms with Gasteiger partial charge in [-0.15, -0.1) is 0 Å². The number of aryl methyl sites for hydroxylation is 1. The molecule has 3 atom stereocenters. The Kier molecular flexibility index (Phi) is 3.68. The van der Waals surface area contributed by atoms with E-state index in [1.165, 1.54) is 35.0 Å². The molecule has 32 heavy (non-hydrogen) atoms. The van der Waals surface area contributed by atoms with Crippen LogP contribution in [0.4, 0.5) is 5.69 Å². The topological polar surface area (TPSA) is 94.9 Å². The molecule has 3 aromatic heterocycles. The van der Waals surface area contributed by atoms with Crippen molar-refractivity contribution in [3.63, 3.8) is 0 Å². The third kappa shape index (κ3) is 2.80. The fraction of sp³-hybridized carbons (Fsp3) is 0.435. The van der Waals surface area contributed by atoms with Crippen LogP contribution in [0.15, 0.2) is 46.2 Å². The van der Waals surface area contributed by atoms with E-state index in [-0.39, 0.29) is 12.1 Å². The van der Waals surface area contributed by atoms with E-state index >= 15 is 0 Å². The minimum Gasteiger partial charge on any atom is -0.371 e. The first-order chi connectivity index (χ1) is 15.7. The Morgan fingerprint density at radius 2 is 1.94 bits per heavy atom. The van der Waals surface area contributed by atoms with E-state index in [9.17, 15) is 4.79 Å². The fourth-order valence-corrected chi connectivity index (χ4v) is 5.31. The van der Waals surface area contributed by atoms with E-state index in [2.05, 4.69) is 49.3 Å². The molecule has 4 heterocycles. The van der Waals surface area contributed by atoms with Crippen molar-refractivity contribution in [2.24, 2.45) is 18.9 Å². The number of hydrogen-bond acceptors (Lipinski definition) is 7. The summed E-state index contributed by atoms with van der Waals surface area (Å²) in [5.74, 6) is 3.47. The van der Waals surface area contributed by atoms with Crippen LogP contribution >= 0.6 is 0 Å². The third-order valence-electron chi connectivity index (χ3n) is 7.27. The number of piperidine rings is 1. The lowest BCUT2D eigenvalue weighted by Crippen LogP contribution is -2.24. The van der Waals surface area contributed by atoms with E-state index in [1.807, 2.05) is 0 Å². The van der Waals surface area contributed by atoms with Crippen molar-refractivity contribution in [2.75, 3.05) is 18.0 Å². The number of rotatable bonds is 5. The van der Waals surface area contributed by atoms with E-state index in [0.29, 0.717) is 34.8 Å². The maximum atomic E-state index is 12.7. The van der Waals surface area contributed by atoms with Crippen molar-refractivity contribution < 1.29 is 4.52 Å². The lowest BCUT2D eigenvalue weighted by molar-refractivity contribution is 0.363. The van der Waals surface area contributed by atoms with Crippen molar-refractivity contribution in [1.82, 2.24) is 29.2 Å². The van der Waals surface area contributed by atoms with Crippen LogP contribution in [-0.4, -0.2) is 42.3 Å². The minimum absolute atomic E-state index is 0.165. The summed E-state index contributed by atoms with van der Waals surface area (Å²) in [6.45, 7) is 2.28. The SMILES string of the molecule is Cn1cnc2ncn(Cc3nc([C@H]4[C@@H]5CN(c6cccc(C7CC7)c6)C[C@@H]54)no3)c(=O)c21. The molecule has 7 rings (SSSR count). The highest BCUT2D eigenvalue weighted by atomic mass is 16.5. The monoisotopic (exact) mass is 429 g/mol. The zero-order chi connectivity index (χ0) is 21.4. The first-order valence-corrected chi connectivity index (χ1v) is 11.2. The summed E-state index contributed by atoms with van der Waals surface area (Å²) >= 11 is 0. The maximum absolute atomic E-state index is 12.7. The number of nitrogens with zero attached hydrogens (tertiary/aromatic N) is 7. The molecule has 162 valence electrons. The van der Waals surface area contributed by atoms with Crippen molar-refractivity contribution in [1.29, 1.82) is 0 Å². The Bertz CT molecular complexity index is 1390. The number of anilines is 1. The molecular weight excluding hydrogens is 406 g/mol. The molecule has 1 saturated heterocycles. The molecule has 2 aliphatic carbocycles. The highest BCUT2D eigenvalue weighted by molar-refractivity contribution is 5.68. The molecule has 9 heteroatoms. The van der Waals surface area contributed by atoms with E-state index in [4.69, 9.17) is 4.52 Å². The van der Waals surface area contributed by atoms with Gasteiger partial charge in [0.2, 0.25) is 5.89 Å². The van der Waals surface area contributed by atoms with Crippen molar-refractivity contribution in [2.45, 2.75) is 31.2 Å². The van der Waals surface area contributed by atoms with Gasteiger partial charge in [0, 0.05) is 31.7 Å². The van der Waals surface area contributed by atoms with Gasteiger partial charge in [-0.3, -0.25) is 9.36 Å². The summed E-state index contributed by atoms with van der Waals surface area (Å²) in [5, 5.41) is 4.24. The van der Waals surface area contributed by atoms with Gasteiger partial charge >= 0.3 is 0 Å². The van der Waals surface area contributed by atoms with Gasteiger partial charge in [-0.05, 0) is 48.3 Å². The normalized spacial score (nSPS) is 24.3. The molecule has 0 radical (unpaired) electrons. The van der Waals surface area contributed by atoms with Crippen molar-refractivity contribution in [3.05, 3.63) is 64.6 Å². The molecule has 4 aromatic rings. The molecule has 0 amide bonds. The van der Waals surface area contributed by atoms with Gasteiger partial charge in [0.1, 0.15) is 12.9 Å². The molecule has 2 saturated carbocycles. The molecule has 3 aliphatic rings. The molecule has 1 aliphatic heterocycles. The minimum atomic E-state index is -0.165. The first kappa shape index (κ1) is 18.1. The Morgan fingerprint density at radius 3 is 2.75 bits per heavy atom. The second-order valence-corrected chi connectivity index (χ2v) is 9.38. The average Bonchev–Trinajstić information content (AvgIpc) is 3.61. The lowest BCUT2D eigenvalue weighted by atomic mass is 10.1. The lowest BCUT2D eigenvalue weighted by Gasteiger charge is -2.22. The molecule has 1 aromatic carbocycles. The predicted molar refractivity (Wildman–Crippen MR) is 117 cm³/mol. The number of imidazole rings is 1. The quantitative estimate of drug-likeness (QED) is 0.480. The van der Waals surface area contributed by atoms with Crippen LogP contribution in [0.3, 0.4) is 0 Å². The van der Waals surface area contributed by atoms with Crippen LogP contribution in [0.5, 0.6) is 0 Å². The van der Waals surface area contributed by atoms with Gasteiger partial charge < -0.3 is 14.0 Å². The molecular formula is C23H23N7O2. The maximum Gasteiger partial charge on any atom is 0.280 e. The molecule has 0 spiro atoms. The highest BCUT2D eigenvalue weighted by Crippen LogP contribution is 2.58. The smallest absolute Gasteiger partial charge is 0.280 e. The first-order valence-electron chi connectivity index (χ1n) is 11.2. The molecule has 0 unspecified atom stereocenters. The van der Waals surface area contributed by atoms with Gasteiger partial charge in [-0.2, -0.15) is 4.98 Å². The Balaban J connectivity index is 1.05. The van der Waals surface area contributed by atoms with Gasteiger partial charge in [0.05, 0.1) is 6.33 Å². The molecule has 0 bridgehead atoms. The molecule has 9 nitrogen and oxygen atoms in total. The second-order valence-electron chi connectivity index (χ2n) is 9.38. The number of hydrogen-bond donors (Lipinski definition) is 0. The zero-order valence-corrected chi connectivity index (χ0v) is 17.8. The van der Waals surface area contributed by atoms with Crippen LogP contribution in [-0.2, 0) is 13.6 Å². The van der Waals surface area contributed by atoms with Crippen LogP contribution in [0, 0.1) is 11.8 Å². The van der Waals surface area contributed by atoms with E-state index in [1.54, 1.807) is 17.9 Å². The largest absolute Gasteiger partial charge is 0.371 e. The van der Waals surface area contributed by atoms with Gasteiger partial charge in [0.15, 0.2) is 17.0 Å². The fourth-order valence-electron chi connectivity index (χ4n) is 5.31. The summed E-state index contributed by atoms with van der Waals surface area (Å²) < 4.78 is 8.66. The van der Waals surface area contributed by atoms with Crippen LogP contribution in [0.25, 0.3) is 11.2 Å². The number of aromatic nitrogens is 6. The standard InChI is InChI=1S/C23H23N7O2/c1-28-11-24-22-20(28)23(31)30(12-25-22)10-18-26-21(27-32-18)19-16-8-29(9-17(16)19)15-4-2-3-14(7-15)13-5-6-13/h2-4,7,11-13,16-17,19H,5-6,8-10H2,1H3/t16-,17+,19+. The van der Waals surface area contributed by atoms with Crippen LogP contribution in [0.1, 0.15) is 42.0 Å². The van der Waals surface area contributed by atoms with Gasteiger partial charge in [0.25, 0.3) is 5.56 Å². The number of benzene rings is 1. The van der Waals surface area contributed by atoms with Gasteiger partial charge in [-0.25, -0.2) is 9.97 Å². The molecule has 3 fully saturated rings. The zero-order valence-electron chi connectivity index (χ0n) is 17.8. The van der Waals surface area contributed by atoms with Crippen LogP contribution in [0.2, 0.25) is 0 Å². The summed E-state index contributed by atoms with van der Waals surface area (Å²) in [6, 6.07) is 9.04. The molecule has 0 N–H and O–H groups in total. The van der Waals surface area contributed by atoms with Gasteiger partial charge in [-0.1, -0.05) is 17.3 Å². The summed E-state index contributed by atoms with van der Waals surface area (Å²) in [4.78, 5) is 28.2. The summed E-state index contributed by atoms with van der Waals surface area (Å²) in [7, 11) is 1.78. The van der Waals surface area contributed by atoms with Crippen molar-refractivity contribution >= 4 is 16.9 Å². The highest BCUT2D eigenvalue weighted by Gasteiger charge is 2.58. The summed E-state index contributed by atoms with van der Waals surface area (Å²) in [5.41, 5.74) is 3.57. The third-order valence-corrected chi connectivity index (χ3v) is 7.27.